The van der Waals surface area contributed by atoms with Crippen LogP contribution in [0.1, 0.15) is 32.9 Å². The van der Waals surface area contributed by atoms with Gasteiger partial charge in [0, 0.05) is 23.8 Å². The Bertz CT molecular complexity index is 739. The summed E-state index contributed by atoms with van der Waals surface area (Å²) in [6.45, 7) is 6.48. The number of para-hydroxylation sites is 1. The van der Waals surface area contributed by atoms with E-state index < -0.39 is 5.54 Å². The van der Waals surface area contributed by atoms with Crippen molar-refractivity contribution in [2.45, 2.75) is 45.3 Å². The van der Waals surface area contributed by atoms with Gasteiger partial charge in [0.25, 0.3) is 0 Å². The number of hydrogen-bond donors (Lipinski definition) is 2. The van der Waals surface area contributed by atoms with Gasteiger partial charge in [-0.05, 0) is 19.1 Å². The van der Waals surface area contributed by atoms with Crippen LogP contribution in [0.3, 0.4) is 0 Å². The zero-order valence-corrected chi connectivity index (χ0v) is 14.3. The number of benzene rings is 1. The molecule has 0 saturated heterocycles. The molecule has 2 N–H and O–H groups in total. The number of amides is 1. The quantitative estimate of drug-likeness (QED) is 0.846. The average molecular weight is 332 g/mol. The van der Waals surface area contributed by atoms with Gasteiger partial charge >= 0.3 is 0 Å². The lowest BCUT2D eigenvalue weighted by molar-refractivity contribution is -0.180. The monoisotopic (exact) mass is 332 g/mol. The molecule has 0 radical (unpaired) electrons. The molecule has 1 aliphatic carbocycles. The Morgan fingerprint density at radius 1 is 1.46 bits per heavy atom. The first-order valence-corrected chi connectivity index (χ1v) is 8.30. The predicted octanol–water partition coefficient (Wildman–Crippen LogP) is 2.05. The highest BCUT2D eigenvalue weighted by Crippen LogP contribution is 2.51. The van der Waals surface area contributed by atoms with Crippen molar-refractivity contribution < 1.29 is 19.2 Å². The fourth-order valence-electron chi connectivity index (χ4n) is 3.53. The summed E-state index contributed by atoms with van der Waals surface area (Å²) in [5.41, 5.74) is 0.273. The Kier molecular flexibility index (Phi) is 4.36. The Labute approximate surface area is 141 Å². The number of nitrogens with zero attached hydrogens (tertiary/aromatic N) is 1. The standard InChI is InChI=1S/C18H24N2O4/c1-4-23-15-10-18(11-21,17(15,2)3)19-16(22)9-13-12-7-5-6-8-14(12)24-20-13/h5-8,15,21H,4,9-11H2,1-3H3,(H,19,22)/t15-,18-/m1/s1. The maximum atomic E-state index is 12.5. The maximum absolute atomic E-state index is 12.5. The molecule has 1 fully saturated rings. The first-order chi connectivity index (χ1) is 11.4. The van der Waals surface area contributed by atoms with Gasteiger partial charge in [-0.2, -0.15) is 0 Å². The maximum Gasteiger partial charge on any atom is 0.226 e. The van der Waals surface area contributed by atoms with Gasteiger partial charge in [0.1, 0.15) is 5.69 Å². The van der Waals surface area contributed by atoms with Crippen molar-refractivity contribution in [3.8, 4) is 0 Å². The van der Waals surface area contributed by atoms with Gasteiger partial charge in [-0.3, -0.25) is 4.79 Å². The number of carbonyl (C=O) groups excluding carboxylic acids is 1. The first kappa shape index (κ1) is 16.9. The van der Waals surface area contributed by atoms with Gasteiger partial charge in [0.15, 0.2) is 5.58 Å². The van der Waals surface area contributed by atoms with E-state index in [1.807, 2.05) is 45.0 Å². The van der Waals surface area contributed by atoms with Crippen LogP contribution in [0, 0.1) is 5.41 Å². The number of fused-ring (bicyclic) bond motifs is 1. The van der Waals surface area contributed by atoms with E-state index in [2.05, 4.69) is 10.5 Å². The van der Waals surface area contributed by atoms with E-state index in [1.165, 1.54) is 0 Å². The van der Waals surface area contributed by atoms with Crippen LogP contribution in [0.4, 0.5) is 0 Å². The molecule has 6 nitrogen and oxygen atoms in total. The number of aliphatic hydroxyl groups is 1. The molecule has 1 aromatic carbocycles. The first-order valence-electron chi connectivity index (χ1n) is 8.30. The molecule has 1 heterocycles. The van der Waals surface area contributed by atoms with Crippen molar-refractivity contribution >= 4 is 16.9 Å². The molecule has 2 atom stereocenters. The molecule has 24 heavy (non-hydrogen) atoms. The molecule has 0 unspecified atom stereocenters. The van der Waals surface area contributed by atoms with Gasteiger partial charge in [-0.1, -0.05) is 31.1 Å². The van der Waals surface area contributed by atoms with Gasteiger partial charge in [0.05, 0.1) is 24.7 Å². The van der Waals surface area contributed by atoms with Gasteiger partial charge in [-0.15, -0.1) is 0 Å². The molecule has 1 aromatic heterocycles. The Morgan fingerprint density at radius 2 is 2.21 bits per heavy atom. The van der Waals surface area contributed by atoms with Crippen molar-refractivity contribution in [2.75, 3.05) is 13.2 Å². The smallest absolute Gasteiger partial charge is 0.226 e. The Hall–Kier alpha value is -1.92. The summed E-state index contributed by atoms with van der Waals surface area (Å²) in [5.74, 6) is -0.175. The van der Waals surface area contributed by atoms with Crippen LogP contribution in [0.5, 0.6) is 0 Å². The zero-order chi connectivity index (χ0) is 17.4. The third kappa shape index (κ3) is 2.59. The summed E-state index contributed by atoms with van der Waals surface area (Å²) in [5, 5.41) is 17.7. The topological polar surface area (TPSA) is 84.6 Å². The van der Waals surface area contributed by atoms with E-state index in [4.69, 9.17) is 9.26 Å². The molecule has 6 heteroatoms. The molecular formula is C18H24N2O4. The number of carbonyl (C=O) groups is 1. The normalized spacial score (nSPS) is 25.4. The number of rotatable bonds is 6. The fourth-order valence-corrected chi connectivity index (χ4v) is 3.53. The largest absolute Gasteiger partial charge is 0.394 e. The second-order valence-corrected chi connectivity index (χ2v) is 6.96. The van der Waals surface area contributed by atoms with Crippen molar-refractivity contribution in [3.05, 3.63) is 30.0 Å². The van der Waals surface area contributed by atoms with Crippen LogP contribution < -0.4 is 5.32 Å². The summed E-state index contributed by atoms with van der Waals surface area (Å²) in [6, 6.07) is 7.45. The lowest BCUT2D eigenvalue weighted by Gasteiger charge is -2.60. The number of aromatic nitrogens is 1. The van der Waals surface area contributed by atoms with E-state index >= 15 is 0 Å². The minimum atomic E-state index is -0.663. The Morgan fingerprint density at radius 3 is 2.88 bits per heavy atom. The summed E-state index contributed by atoms with van der Waals surface area (Å²) < 4.78 is 10.9. The molecule has 0 spiro atoms. The van der Waals surface area contributed by atoms with Gasteiger partial charge in [-0.25, -0.2) is 0 Å². The second-order valence-electron chi connectivity index (χ2n) is 6.96. The highest BCUT2D eigenvalue weighted by molar-refractivity contribution is 5.86. The van der Waals surface area contributed by atoms with E-state index in [1.54, 1.807) is 0 Å². The molecule has 3 rings (SSSR count). The molecule has 1 amide bonds. The highest BCUT2D eigenvalue weighted by Gasteiger charge is 2.61. The zero-order valence-electron chi connectivity index (χ0n) is 14.3. The van der Waals surface area contributed by atoms with Crippen LogP contribution in [-0.4, -0.2) is 41.0 Å². The van der Waals surface area contributed by atoms with Crippen molar-refractivity contribution in [1.82, 2.24) is 10.5 Å². The minimum absolute atomic E-state index is 0.0304. The molecule has 0 bridgehead atoms. The van der Waals surface area contributed by atoms with E-state index in [0.29, 0.717) is 24.3 Å². The third-order valence-electron chi connectivity index (χ3n) is 5.37. The van der Waals surface area contributed by atoms with Crippen LogP contribution in [0.2, 0.25) is 0 Å². The fraction of sp³-hybridized carbons (Fsp3) is 0.556. The second kappa shape index (κ2) is 6.18. The van der Waals surface area contributed by atoms with Crippen LogP contribution >= 0.6 is 0 Å². The van der Waals surface area contributed by atoms with Crippen molar-refractivity contribution in [2.24, 2.45) is 5.41 Å². The van der Waals surface area contributed by atoms with E-state index in [-0.39, 0.29) is 30.5 Å². The number of aliphatic hydroxyl groups excluding tert-OH is 1. The Balaban J connectivity index is 1.72. The lowest BCUT2D eigenvalue weighted by Crippen LogP contribution is -2.74. The summed E-state index contributed by atoms with van der Waals surface area (Å²) in [6.07, 6.45) is 0.756. The average Bonchev–Trinajstić information content (AvgIpc) is 2.96. The van der Waals surface area contributed by atoms with Crippen molar-refractivity contribution in [1.29, 1.82) is 0 Å². The SMILES string of the molecule is CCO[C@@H]1C[C@](CO)(NC(=O)Cc2noc3ccccc23)C1(C)C. The minimum Gasteiger partial charge on any atom is -0.394 e. The summed E-state index contributed by atoms with van der Waals surface area (Å²) in [4.78, 5) is 12.5. The third-order valence-corrected chi connectivity index (χ3v) is 5.37. The molecule has 1 saturated carbocycles. The van der Waals surface area contributed by atoms with Crippen LogP contribution in [0.25, 0.3) is 11.0 Å². The predicted molar refractivity (Wildman–Crippen MR) is 89.5 cm³/mol. The van der Waals surface area contributed by atoms with Crippen LogP contribution in [-0.2, 0) is 16.0 Å². The molecule has 1 aliphatic rings. The number of nitrogens with one attached hydrogen (secondary N) is 1. The summed E-state index contributed by atoms with van der Waals surface area (Å²) >= 11 is 0. The number of ether oxygens (including phenoxy) is 1. The van der Waals surface area contributed by atoms with Gasteiger partial charge in [0.2, 0.25) is 5.91 Å². The molecule has 0 aliphatic heterocycles. The van der Waals surface area contributed by atoms with Crippen LogP contribution in [0.15, 0.2) is 28.8 Å². The highest BCUT2D eigenvalue weighted by atomic mass is 16.5. The molecular weight excluding hydrogens is 308 g/mol. The van der Waals surface area contributed by atoms with E-state index in [9.17, 15) is 9.90 Å². The number of hydrogen-bond acceptors (Lipinski definition) is 5. The van der Waals surface area contributed by atoms with E-state index in [0.717, 1.165) is 5.39 Å². The lowest BCUT2D eigenvalue weighted by atomic mass is 9.54. The van der Waals surface area contributed by atoms with Crippen molar-refractivity contribution in [3.63, 3.8) is 0 Å². The summed E-state index contributed by atoms with van der Waals surface area (Å²) in [7, 11) is 0. The molecule has 130 valence electrons. The molecule has 2 aromatic rings. The van der Waals surface area contributed by atoms with Gasteiger partial charge < -0.3 is 19.7 Å².